The molecular weight excluding hydrogens is 190 g/mol. The number of aromatic nitrogens is 2. The zero-order valence-electron chi connectivity index (χ0n) is 9.19. The maximum absolute atomic E-state index is 8.75. The van der Waals surface area contributed by atoms with Crippen LogP contribution < -0.4 is 5.32 Å². The topological polar surface area (TPSA) is 50.1 Å². The van der Waals surface area contributed by atoms with Gasteiger partial charge < -0.3 is 10.4 Å². The van der Waals surface area contributed by atoms with Gasteiger partial charge in [0.25, 0.3) is 0 Å². The van der Waals surface area contributed by atoms with Crippen molar-refractivity contribution in [3.8, 4) is 0 Å². The monoisotopic (exact) mass is 209 g/mol. The van der Waals surface area contributed by atoms with Gasteiger partial charge in [-0.1, -0.05) is 13.3 Å². The second-order valence-electron chi connectivity index (χ2n) is 4.23. The second-order valence-corrected chi connectivity index (χ2v) is 4.23. The first-order chi connectivity index (χ1) is 7.33. The van der Waals surface area contributed by atoms with Crippen molar-refractivity contribution in [1.82, 2.24) is 15.1 Å². The molecule has 1 aromatic rings. The Hall–Kier alpha value is -0.870. The van der Waals surface area contributed by atoms with Gasteiger partial charge in [-0.2, -0.15) is 5.10 Å². The molecule has 0 aromatic carbocycles. The van der Waals surface area contributed by atoms with Gasteiger partial charge in [-0.05, 0) is 12.3 Å². The highest BCUT2D eigenvalue weighted by Crippen LogP contribution is 2.33. The third-order valence-electron chi connectivity index (χ3n) is 3.03. The van der Waals surface area contributed by atoms with Crippen LogP contribution in [0.15, 0.2) is 12.4 Å². The van der Waals surface area contributed by atoms with Crippen molar-refractivity contribution in [2.45, 2.75) is 38.9 Å². The minimum atomic E-state index is 0.148. The van der Waals surface area contributed by atoms with Gasteiger partial charge in [-0.25, -0.2) is 0 Å². The van der Waals surface area contributed by atoms with Gasteiger partial charge in [0.15, 0.2) is 0 Å². The summed E-state index contributed by atoms with van der Waals surface area (Å²) in [5.41, 5.74) is 1.20. The van der Waals surface area contributed by atoms with Crippen LogP contribution in [0.4, 0.5) is 0 Å². The summed E-state index contributed by atoms with van der Waals surface area (Å²) in [6.45, 7) is 3.87. The predicted molar refractivity (Wildman–Crippen MR) is 58.3 cm³/mol. The Morgan fingerprint density at radius 3 is 3.20 bits per heavy atom. The molecule has 1 aliphatic carbocycles. The van der Waals surface area contributed by atoms with E-state index in [0.717, 1.165) is 18.5 Å². The Morgan fingerprint density at radius 1 is 1.67 bits per heavy atom. The van der Waals surface area contributed by atoms with E-state index in [1.807, 2.05) is 12.4 Å². The number of rotatable bonds is 6. The van der Waals surface area contributed by atoms with E-state index in [4.69, 9.17) is 5.11 Å². The fraction of sp³-hybridized carbons (Fsp3) is 0.727. The van der Waals surface area contributed by atoms with E-state index >= 15 is 0 Å². The van der Waals surface area contributed by atoms with Gasteiger partial charge in [-0.3, -0.25) is 4.68 Å². The van der Waals surface area contributed by atoms with E-state index in [-0.39, 0.29) is 6.61 Å². The molecule has 0 saturated heterocycles. The molecule has 1 fully saturated rings. The molecule has 2 rings (SSSR count). The van der Waals surface area contributed by atoms with Crippen LogP contribution in [0.1, 0.15) is 25.3 Å². The Kier molecular flexibility index (Phi) is 3.38. The van der Waals surface area contributed by atoms with E-state index < -0.39 is 0 Å². The van der Waals surface area contributed by atoms with Crippen LogP contribution in [0, 0.1) is 5.92 Å². The van der Waals surface area contributed by atoms with E-state index in [2.05, 4.69) is 17.3 Å². The predicted octanol–water partition coefficient (Wildman–Crippen LogP) is 0.763. The van der Waals surface area contributed by atoms with Crippen molar-refractivity contribution in [3.63, 3.8) is 0 Å². The maximum atomic E-state index is 8.75. The Balaban J connectivity index is 1.74. The summed E-state index contributed by atoms with van der Waals surface area (Å²) in [4.78, 5) is 0. The molecule has 4 nitrogen and oxygen atoms in total. The summed E-state index contributed by atoms with van der Waals surface area (Å²) in [5, 5.41) is 16.4. The van der Waals surface area contributed by atoms with Gasteiger partial charge in [0, 0.05) is 24.3 Å². The minimum Gasteiger partial charge on any atom is -0.394 e. The zero-order valence-corrected chi connectivity index (χ0v) is 9.19. The maximum Gasteiger partial charge on any atom is 0.0640 e. The molecule has 15 heavy (non-hydrogen) atoms. The molecule has 84 valence electrons. The lowest BCUT2D eigenvalue weighted by Gasteiger charge is -2.00. The van der Waals surface area contributed by atoms with Crippen LogP contribution in [-0.2, 0) is 13.1 Å². The molecule has 2 atom stereocenters. The number of nitrogens with one attached hydrogen (secondary N) is 1. The SMILES string of the molecule is CCC1CC1NCc1cnn(CCO)c1. The molecular formula is C11H19N3O. The minimum absolute atomic E-state index is 0.148. The molecule has 0 spiro atoms. The summed E-state index contributed by atoms with van der Waals surface area (Å²) in [6, 6.07) is 0.719. The number of hydrogen-bond acceptors (Lipinski definition) is 3. The van der Waals surface area contributed by atoms with Crippen LogP contribution in [-0.4, -0.2) is 27.5 Å². The van der Waals surface area contributed by atoms with Crippen molar-refractivity contribution in [1.29, 1.82) is 0 Å². The molecule has 4 heteroatoms. The molecule has 2 unspecified atom stereocenters. The Labute approximate surface area is 90.3 Å². The highest BCUT2D eigenvalue weighted by Gasteiger charge is 2.34. The first kappa shape index (κ1) is 10.6. The van der Waals surface area contributed by atoms with Gasteiger partial charge in [0.05, 0.1) is 19.3 Å². The summed E-state index contributed by atoms with van der Waals surface area (Å²) in [5.74, 6) is 0.887. The van der Waals surface area contributed by atoms with Crippen LogP contribution in [0.25, 0.3) is 0 Å². The lowest BCUT2D eigenvalue weighted by atomic mass is 10.3. The Bertz CT molecular complexity index is 311. The zero-order chi connectivity index (χ0) is 10.7. The largest absolute Gasteiger partial charge is 0.394 e. The summed E-state index contributed by atoms with van der Waals surface area (Å²) in [7, 11) is 0. The third kappa shape index (κ3) is 2.79. The van der Waals surface area contributed by atoms with Crippen LogP contribution in [0.5, 0.6) is 0 Å². The highest BCUT2D eigenvalue weighted by molar-refractivity contribution is 5.05. The van der Waals surface area contributed by atoms with Crippen molar-refractivity contribution >= 4 is 0 Å². The van der Waals surface area contributed by atoms with Crippen molar-refractivity contribution in [2.75, 3.05) is 6.61 Å². The number of aliphatic hydroxyl groups excluding tert-OH is 1. The second kappa shape index (κ2) is 4.77. The van der Waals surface area contributed by atoms with Crippen molar-refractivity contribution in [3.05, 3.63) is 18.0 Å². The molecule has 1 aliphatic rings. The van der Waals surface area contributed by atoms with E-state index in [1.165, 1.54) is 18.4 Å². The van der Waals surface area contributed by atoms with Crippen molar-refractivity contribution in [2.24, 2.45) is 5.92 Å². The smallest absolute Gasteiger partial charge is 0.0640 e. The molecule has 0 radical (unpaired) electrons. The van der Waals surface area contributed by atoms with Gasteiger partial charge in [0.2, 0.25) is 0 Å². The molecule has 1 heterocycles. The average molecular weight is 209 g/mol. The number of hydrogen-bond donors (Lipinski definition) is 2. The molecule has 1 saturated carbocycles. The highest BCUT2D eigenvalue weighted by atomic mass is 16.3. The van der Waals surface area contributed by atoms with Crippen LogP contribution >= 0.6 is 0 Å². The fourth-order valence-corrected chi connectivity index (χ4v) is 1.92. The van der Waals surface area contributed by atoms with Crippen molar-refractivity contribution < 1.29 is 5.11 Å². The quantitative estimate of drug-likeness (QED) is 0.727. The van der Waals surface area contributed by atoms with Crippen LogP contribution in [0.3, 0.4) is 0 Å². The molecule has 0 bridgehead atoms. The summed E-state index contributed by atoms with van der Waals surface area (Å²) in [6.07, 6.45) is 6.46. The molecule has 0 aliphatic heterocycles. The fourth-order valence-electron chi connectivity index (χ4n) is 1.92. The first-order valence-corrected chi connectivity index (χ1v) is 5.69. The summed E-state index contributed by atoms with van der Waals surface area (Å²) < 4.78 is 1.78. The van der Waals surface area contributed by atoms with Crippen LogP contribution in [0.2, 0.25) is 0 Å². The molecule has 1 aromatic heterocycles. The third-order valence-corrected chi connectivity index (χ3v) is 3.03. The average Bonchev–Trinajstić information content (AvgIpc) is 2.88. The van der Waals surface area contributed by atoms with Gasteiger partial charge in [-0.15, -0.1) is 0 Å². The lowest BCUT2D eigenvalue weighted by Crippen LogP contribution is -2.17. The standard InChI is InChI=1S/C11H19N3O/c1-2-10-5-11(10)12-6-9-7-13-14(8-9)3-4-15/h7-8,10-12,15H,2-6H2,1H3. The van der Waals surface area contributed by atoms with E-state index in [0.29, 0.717) is 6.54 Å². The van der Waals surface area contributed by atoms with E-state index in [9.17, 15) is 0 Å². The summed E-state index contributed by atoms with van der Waals surface area (Å²) >= 11 is 0. The van der Waals surface area contributed by atoms with E-state index in [1.54, 1.807) is 4.68 Å². The Morgan fingerprint density at radius 2 is 2.53 bits per heavy atom. The van der Waals surface area contributed by atoms with Gasteiger partial charge >= 0.3 is 0 Å². The number of aliphatic hydroxyl groups is 1. The lowest BCUT2D eigenvalue weighted by molar-refractivity contribution is 0.269. The normalized spacial score (nSPS) is 24.4. The number of nitrogens with zero attached hydrogens (tertiary/aromatic N) is 2. The first-order valence-electron chi connectivity index (χ1n) is 5.69. The molecule has 0 amide bonds. The van der Waals surface area contributed by atoms with Gasteiger partial charge in [0.1, 0.15) is 0 Å². The molecule has 2 N–H and O–H groups in total.